The Morgan fingerprint density at radius 2 is 2.00 bits per heavy atom. The average Bonchev–Trinajstić information content (AvgIpc) is 2.06. The number of hydrogen-bond donors (Lipinski definition) is 1. The number of hydrogen-bond acceptors (Lipinski definition) is 2. The topological polar surface area (TPSA) is 29.3 Å². The van der Waals surface area contributed by atoms with Crippen molar-refractivity contribution >= 4 is 0 Å². The summed E-state index contributed by atoms with van der Waals surface area (Å²) in [6.45, 7) is 11.1. The first-order valence-electron chi connectivity index (χ1n) is 4.91. The van der Waals surface area contributed by atoms with Crippen LogP contribution in [0.15, 0.2) is 0 Å². The maximum Gasteiger partial charge on any atom is 0.0226 e. The van der Waals surface area contributed by atoms with Crippen LogP contribution in [0.25, 0.3) is 0 Å². The van der Waals surface area contributed by atoms with Crippen molar-refractivity contribution in [2.24, 2.45) is 11.7 Å². The van der Waals surface area contributed by atoms with E-state index < -0.39 is 0 Å². The highest BCUT2D eigenvalue weighted by Gasteiger charge is 2.28. The van der Waals surface area contributed by atoms with Gasteiger partial charge >= 0.3 is 0 Å². The Balaban J connectivity index is 2.43. The predicted molar refractivity (Wildman–Crippen MR) is 53.1 cm³/mol. The van der Waals surface area contributed by atoms with Gasteiger partial charge in [0.25, 0.3) is 0 Å². The summed E-state index contributed by atoms with van der Waals surface area (Å²) in [5, 5.41) is 0. The summed E-state index contributed by atoms with van der Waals surface area (Å²) in [4.78, 5) is 2.50. The zero-order valence-corrected chi connectivity index (χ0v) is 8.80. The number of nitrogens with two attached hydrogens (primary N) is 1. The highest BCUT2D eigenvalue weighted by Crippen LogP contribution is 2.23. The van der Waals surface area contributed by atoms with E-state index in [9.17, 15) is 0 Å². The van der Waals surface area contributed by atoms with Crippen LogP contribution in [0.2, 0.25) is 0 Å². The summed E-state index contributed by atoms with van der Waals surface area (Å²) in [6.07, 6.45) is 1.33. The third-order valence-corrected chi connectivity index (χ3v) is 2.52. The fourth-order valence-electron chi connectivity index (χ4n) is 2.13. The van der Waals surface area contributed by atoms with Gasteiger partial charge in [-0.25, -0.2) is 0 Å². The molecule has 2 atom stereocenters. The van der Waals surface area contributed by atoms with E-state index in [1.54, 1.807) is 0 Å². The highest BCUT2D eigenvalue weighted by atomic mass is 15.2. The van der Waals surface area contributed by atoms with Gasteiger partial charge in [-0.05, 0) is 33.1 Å². The Morgan fingerprint density at radius 3 is 2.33 bits per heavy atom. The number of rotatable bonds is 2. The van der Waals surface area contributed by atoms with Crippen LogP contribution >= 0.6 is 0 Å². The molecule has 72 valence electrons. The third kappa shape index (κ3) is 2.76. The molecule has 1 saturated heterocycles. The smallest absolute Gasteiger partial charge is 0.0226 e. The molecule has 0 radical (unpaired) electrons. The first-order valence-corrected chi connectivity index (χ1v) is 4.91. The Bertz CT molecular complexity index is 148. The average molecular weight is 170 g/mol. The highest BCUT2D eigenvalue weighted by molar-refractivity contribution is 4.86. The van der Waals surface area contributed by atoms with E-state index in [0.717, 1.165) is 18.5 Å². The lowest BCUT2D eigenvalue weighted by Gasteiger charge is -2.29. The largest absolute Gasteiger partial charge is 0.324 e. The van der Waals surface area contributed by atoms with Crippen LogP contribution in [0.5, 0.6) is 0 Å². The van der Waals surface area contributed by atoms with Gasteiger partial charge in [-0.1, -0.05) is 6.92 Å². The Hall–Kier alpha value is -0.0800. The lowest BCUT2D eigenvalue weighted by atomic mass is 10.1. The minimum atomic E-state index is -0.0433. The molecule has 0 amide bonds. The maximum absolute atomic E-state index is 5.98. The van der Waals surface area contributed by atoms with Crippen LogP contribution in [-0.2, 0) is 0 Å². The van der Waals surface area contributed by atoms with Gasteiger partial charge in [0.05, 0.1) is 0 Å². The Kier molecular flexibility index (Phi) is 2.79. The normalized spacial score (nSPS) is 32.8. The van der Waals surface area contributed by atoms with Crippen molar-refractivity contribution in [1.29, 1.82) is 0 Å². The van der Waals surface area contributed by atoms with Crippen LogP contribution in [0, 0.1) is 5.92 Å². The van der Waals surface area contributed by atoms with E-state index in [4.69, 9.17) is 5.73 Å². The zero-order chi connectivity index (χ0) is 9.35. The third-order valence-electron chi connectivity index (χ3n) is 2.52. The van der Waals surface area contributed by atoms with Crippen LogP contribution in [-0.4, -0.2) is 29.6 Å². The van der Waals surface area contributed by atoms with Gasteiger partial charge in [0, 0.05) is 24.7 Å². The van der Waals surface area contributed by atoms with Crippen molar-refractivity contribution in [3.05, 3.63) is 0 Å². The standard InChI is InChI=1S/C10H22N2/c1-8-5-9(2)12(6-8)7-10(3,4)11/h8-9H,5-7,11H2,1-4H3. The second-order valence-electron chi connectivity index (χ2n) is 5.11. The molecule has 0 spiro atoms. The van der Waals surface area contributed by atoms with E-state index in [2.05, 4.69) is 32.6 Å². The van der Waals surface area contributed by atoms with E-state index in [-0.39, 0.29) is 5.54 Å². The molecule has 2 N–H and O–H groups in total. The molecule has 0 aromatic rings. The van der Waals surface area contributed by atoms with Crippen molar-refractivity contribution < 1.29 is 0 Å². The molecule has 0 aromatic heterocycles. The Labute approximate surface area is 76.1 Å². The molecular weight excluding hydrogens is 148 g/mol. The van der Waals surface area contributed by atoms with E-state index in [0.29, 0.717) is 0 Å². The Morgan fingerprint density at radius 1 is 1.42 bits per heavy atom. The van der Waals surface area contributed by atoms with Crippen LogP contribution in [0.1, 0.15) is 34.1 Å². The van der Waals surface area contributed by atoms with Crippen molar-refractivity contribution in [2.45, 2.75) is 45.7 Å². The van der Waals surface area contributed by atoms with Gasteiger partial charge in [-0.3, -0.25) is 4.90 Å². The quantitative estimate of drug-likeness (QED) is 0.679. The molecule has 0 saturated carbocycles. The van der Waals surface area contributed by atoms with Gasteiger partial charge in [-0.15, -0.1) is 0 Å². The lowest BCUT2D eigenvalue weighted by molar-refractivity contribution is 0.217. The molecule has 1 rings (SSSR count). The molecule has 1 fully saturated rings. The van der Waals surface area contributed by atoms with E-state index >= 15 is 0 Å². The number of likely N-dealkylation sites (tertiary alicyclic amines) is 1. The summed E-state index contributed by atoms with van der Waals surface area (Å²) in [7, 11) is 0. The van der Waals surface area contributed by atoms with Crippen LogP contribution in [0.3, 0.4) is 0 Å². The van der Waals surface area contributed by atoms with Crippen LogP contribution < -0.4 is 5.73 Å². The van der Waals surface area contributed by atoms with E-state index in [1.165, 1.54) is 13.0 Å². The second-order valence-corrected chi connectivity index (χ2v) is 5.11. The molecule has 12 heavy (non-hydrogen) atoms. The zero-order valence-electron chi connectivity index (χ0n) is 8.80. The molecule has 1 aliphatic heterocycles. The summed E-state index contributed by atoms with van der Waals surface area (Å²) >= 11 is 0. The first kappa shape index (κ1) is 10.0. The van der Waals surface area contributed by atoms with Gasteiger partial charge in [0.15, 0.2) is 0 Å². The molecule has 1 aliphatic rings. The summed E-state index contributed by atoms with van der Waals surface area (Å²) in [5.41, 5.74) is 5.94. The second kappa shape index (κ2) is 3.35. The van der Waals surface area contributed by atoms with Gasteiger partial charge in [0.1, 0.15) is 0 Å². The number of nitrogens with zero attached hydrogens (tertiary/aromatic N) is 1. The SMILES string of the molecule is CC1CC(C)N(CC(C)(C)N)C1. The van der Waals surface area contributed by atoms with Crippen molar-refractivity contribution in [3.8, 4) is 0 Å². The maximum atomic E-state index is 5.98. The molecule has 2 heteroatoms. The fourth-order valence-corrected chi connectivity index (χ4v) is 2.13. The minimum absolute atomic E-state index is 0.0433. The molecule has 2 unspecified atom stereocenters. The van der Waals surface area contributed by atoms with E-state index in [1.807, 2.05) is 0 Å². The molecule has 0 bridgehead atoms. The molecule has 0 aromatic carbocycles. The van der Waals surface area contributed by atoms with Crippen molar-refractivity contribution in [1.82, 2.24) is 4.90 Å². The fraction of sp³-hybridized carbons (Fsp3) is 1.00. The lowest BCUT2D eigenvalue weighted by Crippen LogP contribution is -2.46. The summed E-state index contributed by atoms with van der Waals surface area (Å²) in [6, 6.07) is 0.725. The van der Waals surface area contributed by atoms with Gasteiger partial charge in [-0.2, -0.15) is 0 Å². The summed E-state index contributed by atoms with van der Waals surface area (Å²) < 4.78 is 0. The molecule has 0 aliphatic carbocycles. The molecule has 2 nitrogen and oxygen atoms in total. The predicted octanol–water partition coefficient (Wildman–Crippen LogP) is 1.45. The molecular formula is C10H22N2. The minimum Gasteiger partial charge on any atom is -0.324 e. The monoisotopic (exact) mass is 170 g/mol. The first-order chi connectivity index (χ1) is 5.38. The van der Waals surface area contributed by atoms with Crippen molar-refractivity contribution in [2.75, 3.05) is 13.1 Å². The van der Waals surface area contributed by atoms with Crippen molar-refractivity contribution in [3.63, 3.8) is 0 Å². The van der Waals surface area contributed by atoms with Crippen LogP contribution in [0.4, 0.5) is 0 Å². The molecule has 1 heterocycles. The van der Waals surface area contributed by atoms with Gasteiger partial charge < -0.3 is 5.73 Å². The van der Waals surface area contributed by atoms with Gasteiger partial charge in [0.2, 0.25) is 0 Å². The summed E-state index contributed by atoms with van der Waals surface area (Å²) in [5.74, 6) is 0.849.